The predicted molar refractivity (Wildman–Crippen MR) is 102 cm³/mol. The number of thiophene rings is 1. The van der Waals surface area contributed by atoms with E-state index in [9.17, 15) is 4.79 Å². The van der Waals surface area contributed by atoms with Gasteiger partial charge in [-0.05, 0) is 55.9 Å². The zero-order chi connectivity index (χ0) is 17.5. The van der Waals surface area contributed by atoms with Crippen molar-refractivity contribution < 1.29 is 9.53 Å². The van der Waals surface area contributed by atoms with Crippen molar-refractivity contribution in [3.63, 3.8) is 0 Å². The number of ether oxygens (including phenoxy) is 1. The second kappa shape index (κ2) is 9.02. The molecule has 0 bridgehead atoms. The maximum Gasteiger partial charge on any atom is 0.255 e. The van der Waals surface area contributed by atoms with Gasteiger partial charge in [-0.15, -0.1) is 11.3 Å². The summed E-state index contributed by atoms with van der Waals surface area (Å²) in [6, 6.07) is 12.0. The average molecular weight is 359 g/mol. The van der Waals surface area contributed by atoms with Crippen LogP contribution < -0.4 is 10.1 Å². The summed E-state index contributed by atoms with van der Waals surface area (Å²) in [6.45, 7) is 5.52. The number of amides is 1. The van der Waals surface area contributed by atoms with Crippen LogP contribution in [-0.2, 0) is 0 Å². The van der Waals surface area contributed by atoms with Crippen LogP contribution in [0.2, 0.25) is 0 Å². The zero-order valence-electron chi connectivity index (χ0n) is 14.7. The number of para-hydroxylation sites is 1. The lowest BCUT2D eigenvalue weighted by molar-refractivity contribution is 0.0934. The van der Waals surface area contributed by atoms with Gasteiger partial charge < -0.3 is 10.1 Å². The molecule has 1 aliphatic heterocycles. The van der Waals surface area contributed by atoms with Crippen molar-refractivity contribution in [1.82, 2.24) is 10.2 Å². The van der Waals surface area contributed by atoms with Crippen molar-refractivity contribution >= 4 is 17.2 Å². The van der Waals surface area contributed by atoms with Crippen molar-refractivity contribution in [3.05, 3.63) is 52.2 Å². The van der Waals surface area contributed by atoms with E-state index < -0.39 is 0 Å². The largest absolute Gasteiger partial charge is 0.493 e. The topological polar surface area (TPSA) is 41.6 Å². The molecule has 1 atom stereocenters. The molecule has 4 nitrogen and oxygen atoms in total. The summed E-state index contributed by atoms with van der Waals surface area (Å²) < 4.78 is 5.72. The van der Waals surface area contributed by atoms with E-state index in [0.29, 0.717) is 24.5 Å². The molecule has 1 fully saturated rings. The first-order valence-electron chi connectivity index (χ1n) is 9.07. The van der Waals surface area contributed by atoms with Gasteiger partial charge in [0.25, 0.3) is 5.91 Å². The van der Waals surface area contributed by atoms with Crippen molar-refractivity contribution in [3.8, 4) is 5.75 Å². The molecule has 2 heterocycles. The number of likely N-dealkylation sites (tertiary alicyclic amines) is 1. The number of benzene rings is 1. The molecule has 0 spiro atoms. The lowest BCUT2D eigenvalue weighted by atomic mass is 10.1. The highest BCUT2D eigenvalue weighted by atomic mass is 32.1. The van der Waals surface area contributed by atoms with Gasteiger partial charge in [-0.2, -0.15) is 0 Å². The number of rotatable bonds is 8. The van der Waals surface area contributed by atoms with E-state index in [2.05, 4.69) is 34.7 Å². The van der Waals surface area contributed by atoms with E-state index in [0.717, 1.165) is 19.5 Å². The van der Waals surface area contributed by atoms with Crippen LogP contribution in [0.25, 0.3) is 0 Å². The molecule has 1 aromatic carbocycles. The van der Waals surface area contributed by atoms with Gasteiger partial charge in [0.05, 0.1) is 18.2 Å². The summed E-state index contributed by atoms with van der Waals surface area (Å²) in [4.78, 5) is 16.5. The Morgan fingerprint density at radius 2 is 2.04 bits per heavy atom. The van der Waals surface area contributed by atoms with Crippen molar-refractivity contribution in [1.29, 1.82) is 0 Å². The first-order valence-corrected chi connectivity index (χ1v) is 9.95. The molecule has 0 unspecified atom stereocenters. The van der Waals surface area contributed by atoms with Crippen LogP contribution in [0.3, 0.4) is 0 Å². The van der Waals surface area contributed by atoms with Crippen LogP contribution >= 0.6 is 11.3 Å². The number of hydrogen-bond acceptors (Lipinski definition) is 4. The lowest BCUT2D eigenvalue weighted by Gasteiger charge is -2.27. The fourth-order valence-electron chi connectivity index (χ4n) is 3.22. The molecule has 1 aromatic heterocycles. The molecule has 1 aliphatic rings. The van der Waals surface area contributed by atoms with Gasteiger partial charge in [0.2, 0.25) is 0 Å². The monoisotopic (exact) mass is 358 g/mol. The maximum absolute atomic E-state index is 12.7. The maximum atomic E-state index is 12.7. The molecule has 1 amide bonds. The molecule has 1 saturated heterocycles. The van der Waals surface area contributed by atoms with Gasteiger partial charge in [0.1, 0.15) is 5.75 Å². The van der Waals surface area contributed by atoms with Crippen LogP contribution in [-0.4, -0.2) is 37.0 Å². The number of hydrogen-bond donors (Lipinski definition) is 1. The normalized spacial score (nSPS) is 15.9. The fourth-order valence-corrected chi connectivity index (χ4v) is 4.08. The van der Waals surface area contributed by atoms with Gasteiger partial charge in [0, 0.05) is 11.4 Å². The number of carbonyl (C=O) groups is 1. The minimum Gasteiger partial charge on any atom is -0.493 e. The molecule has 3 rings (SSSR count). The molecule has 0 aliphatic carbocycles. The minimum atomic E-state index is -0.0625. The second-order valence-corrected chi connectivity index (χ2v) is 7.31. The third-order valence-electron chi connectivity index (χ3n) is 4.50. The minimum absolute atomic E-state index is 0.0625. The predicted octanol–water partition coefficient (Wildman–Crippen LogP) is 4.10. The SMILES string of the molecule is CCCOc1ccccc1C(=O)NC[C@H](c1cccs1)N1CCCC1. The fraction of sp³-hybridized carbons (Fsp3) is 0.450. The van der Waals surface area contributed by atoms with Gasteiger partial charge in [-0.1, -0.05) is 25.1 Å². The van der Waals surface area contributed by atoms with E-state index in [1.54, 1.807) is 11.3 Å². The third-order valence-corrected chi connectivity index (χ3v) is 5.48. The Labute approximate surface area is 153 Å². The van der Waals surface area contributed by atoms with E-state index in [4.69, 9.17) is 4.74 Å². The molecular weight excluding hydrogens is 332 g/mol. The quantitative estimate of drug-likeness (QED) is 0.772. The summed E-state index contributed by atoms with van der Waals surface area (Å²) in [5.41, 5.74) is 0.613. The van der Waals surface area contributed by atoms with Crippen LogP contribution in [0, 0.1) is 0 Å². The summed E-state index contributed by atoms with van der Waals surface area (Å²) in [7, 11) is 0. The van der Waals surface area contributed by atoms with Crippen LogP contribution in [0.4, 0.5) is 0 Å². The number of nitrogens with one attached hydrogen (secondary N) is 1. The molecular formula is C20H26N2O2S. The Balaban J connectivity index is 1.67. The summed E-state index contributed by atoms with van der Waals surface area (Å²) in [5.74, 6) is 0.600. The number of nitrogens with zero attached hydrogens (tertiary/aromatic N) is 1. The number of carbonyl (C=O) groups excluding carboxylic acids is 1. The highest BCUT2D eigenvalue weighted by molar-refractivity contribution is 7.10. The highest BCUT2D eigenvalue weighted by Crippen LogP contribution is 2.28. The van der Waals surface area contributed by atoms with Gasteiger partial charge in [-0.25, -0.2) is 0 Å². The molecule has 2 aromatic rings. The zero-order valence-corrected chi connectivity index (χ0v) is 15.6. The molecule has 134 valence electrons. The Morgan fingerprint density at radius 1 is 1.24 bits per heavy atom. The summed E-state index contributed by atoms with van der Waals surface area (Å²) in [6.07, 6.45) is 3.40. The van der Waals surface area contributed by atoms with E-state index >= 15 is 0 Å². The van der Waals surface area contributed by atoms with Gasteiger partial charge in [-0.3, -0.25) is 9.69 Å². The molecule has 0 saturated carbocycles. The van der Waals surface area contributed by atoms with Crippen LogP contribution in [0.5, 0.6) is 5.75 Å². The first kappa shape index (κ1) is 18.0. The highest BCUT2D eigenvalue weighted by Gasteiger charge is 2.25. The van der Waals surface area contributed by atoms with Crippen LogP contribution in [0.15, 0.2) is 41.8 Å². The molecule has 25 heavy (non-hydrogen) atoms. The average Bonchev–Trinajstić information content (AvgIpc) is 3.34. The van der Waals surface area contributed by atoms with E-state index in [1.807, 2.05) is 24.3 Å². The Morgan fingerprint density at radius 3 is 2.76 bits per heavy atom. The summed E-state index contributed by atoms with van der Waals surface area (Å²) in [5, 5.41) is 5.23. The standard InChI is InChI=1S/C20H26N2O2S/c1-2-13-24-18-9-4-3-8-16(18)20(23)21-15-17(19-10-7-14-25-19)22-11-5-6-12-22/h3-4,7-10,14,17H,2,5-6,11-13,15H2,1H3,(H,21,23)/t17-/m1/s1. The van der Waals surface area contributed by atoms with Gasteiger partial charge in [0.15, 0.2) is 0 Å². The lowest BCUT2D eigenvalue weighted by Crippen LogP contribution is -2.36. The van der Waals surface area contributed by atoms with Crippen molar-refractivity contribution in [2.24, 2.45) is 0 Å². The van der Waals surface area contributed by atoms with Crippen LogP contribution in [0.1, 0.15) is 47.5 Å². The first-order chi connectivity index (χ1) is 12.3. The molecule has 5 heteroatoms. The Hall–Kier alpha value is -1.85. The van der Waals surface area contributed by atoms with E-state index in [-0.39, 0.29) is 11.9 Å². The van der Waals surface area contributed by atoms with Gasteiger partial charge >= 0.3 is 0 Å². The van der Waals surface area contributed by atoms with Crippen molar-refractivity contribution in [2.45, 2.75) is 32.2 Å². The smallest absolute Gasteiger partial charge is 0.255 e. The second-order valence-electron chi connectivity index (χ2n) is 6.33. The molecule has 0 radical (unpaired) electrons. The Bertz CT molecular complexity index is 666. The summed E-state index contributed by atoms with van der Waals surface area (Å²) >= 11 is 1.76. The van der Waals surface area contributed by atoms with E-state index in [1.165, 1.54) is 17.7 Å². The third kappa shape index (κ3) is 4.61. The molecule has 1 N–H and O–H groups in total. The Kier molecular flexibility index (Phi) is 6.48. The van der Waals surface area contributed by atoms with Crippen molar-refractivity contribution in [2.75, 3.05) is 26.2 Å².